The van der Waals surface area contributed by atoms with E-state index in [1.807, 2.05) is 16.9 Å². The van der Waals surface area contributed by atoms with Crippen LogP contribution in [0, 0.1) is 5.92 Å². The van der Waals surface area contributed by atoms with E-state index >= 15 is 0 Å². The van der Waals surface area contributed by atoms with Gasteiger partial charge in [0.25, 0.3) is 0 Å². The summed E-state index contributed by atoms with van der Waals surface area (Å²) in [6.45, 7) is 4.23. The van der Waals surface area contributed by atoms with Crippen LogP contribution in [0.2, 0.25) is 0 Å². The van der Waals surface area contributed by atoms with E-state index in [2.05, 4.69) is 32.4 Å². The maximum Gasteiger partial charge on any atom is 0.163 e. The number of hydrogen-bond donors (Lipinski definition) is 2. The van der Waals surface area contributed by atoms with E-state index in [0.29, 0.717) is 12.5 Å². The highest BCUT2D eigenvalue weighted by molar-refractivity contribution is 5.85. The number of anilines is 1. The summed E-state index contributed by atoms with van der Waals surface area (Å²) in [6, 6.07) is 1.92. The highest BCUT2D eigenvalue weighted by Crippen LogP contribution is 2.18. The third kappa shape index (κ3) is 3.06. The molecule has 0 radical (unpaired) electrons. The van der Waals surface area contributed by atoms with Gasteiger partial charge in [0.1, 0.15) is 12.1 Å². The minimum Gasteiger partial charge on any atom is -0.394 e. The van der Waals surface area contributed by atoms with Crippen LogP contribution in [0.5, 0.6) is 0 Å². The molecule has 0 aliphatic rings. The number of aromatic nitrogens is 6. The van der Waals surface area contributed by atoms with Crippen LogP contribution in [0.3, 0.4) is 0 Å². The van der Waals surface area contributed by atoms with E-state index < -0.39 is 0 Å². The van der Waals surface area contributed by atoms with Crippen LogP contribution >= 0.6 is 0 Å². The van der Waals surface area contributed by atoms with Crippen molar-refractivity contribution in [3.8, 4) is 0 Å². The number of nitrogens with zero attached hydrogens (tertiary/aromatic N) is 6. The molecule has 0 spiro atoms. The minimum absolute atomic E-state index is 0.0322. The van der Waals surface area contributed by atoms with Gasteiger partial charge < -0.3 is 10.4 Å². The molecule has 3 rings (SSSR count). The van der Waals surface area contributed by atoms with E-state index in [1.165, 1.54) is 6.33 Å². The second-order valence-electron chi connectivity index (χ2n) is 5.27. The number of rotatable bonds is 7. The number of nitrogens with one attached hydrogen (secondary N) is 1. The Labute approximate surface area is 127 Å². The summed E-state index contributed by atoms with van der Waals surface area (Å²) < 4.78 is 3.59. The van der Waals surface area contributed by atoms with Gasteiger partial charge in [-0.25, -0.2) is 14.6 Å². The highest BCUT2D eigenvalue weighted by Gasteiger charge is 2.10. The Balaban J connectivity index is 1.68. The molecule has 0 aromatic carbocycles. The van der Waals surface area contributed by atoms with Crippen molar-refractivity contribution in [2.75, 3.05) is 18.5 Å². The van der Waals surface area contributed by atoms with Crippen molar-refractivity contribution < 1.29 is 5.11 Å². The molecule has 3 aromatic rings. The molecule has 116 valence electrons. The van der Waals surface area contributed by atoms with Gasteiger partial charge in [0.15, 0.2) is 5.65 Å². The molecule has 2 N–H and O–H groups in total. The number of aliphatic hydroxyl groups excluding tert-OH is 1. The summed E-state index contributed by atoms with van der Waals surface area (Å²) in [5, 5.41) is 21.7. The van der Waals surface area contributed by atoms with Gasteiger partial charge in [-0.2, -0.15) is 10.2 Å². The van der Waals surface area contributed by atoms with Crippen LogP contribution in [0.25, 0.3) is 11.0 Å². The number of hydrogen-bond acceptors (Lipinski definition) is 6. The third-order valence-electron chi connectivity index (χ3n) is 3.42. The van der Waals surface area contributed by atoms with Gasteiger partial charge in [-0.15, -0.1) is 0 Å². The van der Waals surface area contributed by atoms with E-state index in [1.54, 1.807) is 17.1 Å². The Kier molecular flexibility index (Phi) is 4.29. The van der Waals surface area contributed by atoms with Crippen molar-refractivity contribution in [2.45, 2.75) is 20.0 Å². The first-order valence-corrected chi connectivity index (χ1v) is 7.26. The largest absolute Gasteiger partial charge is 0.394 e. The average molecular weight is 301 g/mol. The predicted octanol–water partition coefficient (Wildman–Crippen LogP) is 0.763. The van der Waals surface area contributed by atoms with Crippen LogP contribution < -0.4 is 5.32 Å². The molecule has 0 saturated carbocycles. The molecule has 3 aromatic heterocycles. The lowest BCUT2D eigenvalue weighted by Gasteiger charge is -2.13. The van der Waals surface area contributed by atoms with Crippen molar-refractivity contribution in [1.82, 2.24) is 29.5 Å². The van der Waals surface area contributed by atoms with Crippen molar-refractivity contribution in [2.24, 2.45) is 5.92 Å². The molecule has 0 unspecified atom stereocenters. The Morgan fingerprint density at radius 2 is 2.23 bits per heavy atom. The lowest BCUT2D eigenvalue weighted by molar-refractivity contribution is 0.271. The smallest absolute Gasteiger partial charge is 0.163 e. The van der Waals surface area contributed by atoms with Crippen molar-refractivity contribution in [3.63, 3.8) is 0 Å². The molecule has 8 heteroatoms. The van der Waals surface area contributed by atoms with E-state index in [-0.39, 0.29) is 6.61 Å². The van der Waals surface area contributed by atoms with Gasteiger partial charge in [0.2, 0.25) is 0 Å². The Bertz CT molecular complexity index is 722. The molecule has 0 fully saturated rings. The van der Waals surface area contributed by atoms with Crippen LogP contribution in [-0.2, 0) is 13.1 Å². The van der Waals surface area contributed by atoms with E-state index in [9.17, 15) is 0 Å². The van der Waals surface area contributed by atoms with Crippen LogP contribution in [0.15, 0.2) is 31.0 Å². The first kappa shape index (κ1) is 14.5. The predicted molar refractivity (Wildman–Crippen MR) is 82.3 cm³/mol. The molecule has 1 atom stereocenters. The van der Waals surface area contributed by atoms with E-state index in [4.69, 9.17) is 5.11 Å². The third-order valence-corrected chi connectivity index (χ3v) is 3.42. The lowest BCUT2D eigenvalue weighted by Crippen LogP contribution is -2.18. The zero-order valence-corrected chi connectivity index (χ0v) is 12.4. The molecule has 0 saturated heterocycles. The molecular weight excluding hydrogens is 282 g/mol. The molecule has 22 heavy (non-hydrogen) atoms. The summed E-state index contributed by atoms with van der Waals surface area (Å²) in [5.74, 6) is 1.17. The van der Waals surface area contributed by atoms with Gasteiger partial charge in [-0.1, -0.05) is 6.92 Å². The Morgan fingerprint density at radius 3 is 3.00 bits per heavy atom. The topological polar surface area (TPSA) is 93.7 Å². The molecule has 8 nitrogen and oxygen atoms in total. The standard InChI is InChI=1S/C14H19N7O/c1-11(9-20-4-2-3-18-20)7-15-13-12-8-19-21(5-6-22)14(12)17-10-16-13/h2-4,8,10-11,22H,5-7,9H2,1H3,(H,15,16,17)/t11-/m0/s1. The molecule has 0 aliphatic carbocycles. The zero-order valence-electron chi connectivity index (χ0n) is 12.4. The van der Waals surface area contributed by atoms with Crippen molar-refractivity contribution in [1.29, 1.82) is 0 Å². The average Bonchev–Trinajstić information content (AvgIpc) is 3.16. The van der Waals surface area contributed by atoms with Crippen molar-refractivity contribution in [3.05, 3.63) is 31.0 Å². The molecule has 0 aliphatic heterocycles. The summed E-state index contributed by atoms with van der Waals surface area (Å²) in [5.41, 5.74) is 0.728. The Hall–Kier alpha value is -2.48. The molecular formula is C14H19N7O. The number of fused-ring (bicyclic) bond motifs is 1. The van der Waals surface area contributed by atoms with Crippen LogP contribution in [0.1, 0.15) is 6.92 Å². The SMILES string of the molecule is C[C@@H](CNc1ncnc2c1cnn2CCO)Cn1cccn1. The first-order valence-electron chi connectivity index (χ1n) is 7.26. The van der Waals surface area contributed by atoms with Crippen molar-refractivity contribution >= 4 is 16.9 Å². The molecule has 0 bridgehead atoms. The fourth-order valence-electron chi connectivity index (χ4n) is 2.36. The van der Waals surface area contributed by atoms with Crippen LogP contribution in [-0.4, -0.2) is 47.8 Å². The van der Waals surface area contributed by atoms with Gasteiger partial charge in [0.05, 0.1) is 24.7 Å². The summed E-state index contributed by atoms with van der Waals surface area (Å²) in [4.78, 5) is 8.52. The summed E-state index contributed by atoms with van der Waals surface area (Å²) >= 11 is 0. The lowest BCUT2D eigenvalue weighted by atomic mass is 10.2. The first-order chi connectivity index (χ1) is 10.8. The van der Waals surface area contributed by atoms with Gasteiger partial charge in [0, 0.05) is 25.5 Å². The van der Waals surface area contributed by atoms with E-state index in [0.717, 1.165) is 29.9 Å². The molecule has 3 heterocycles. The summed E-state index contributed by atoms with van der Waals surface area (Å²) in [6.07, 6.45) is 6.98. The normalized spacial score (nSPS) is 12.6. The molecule has 0 amide bonds. The van der Waals surface area contributed by atoms with Crippen LogP contribution in [0.4, 0.5) is 5.82 Å². The monoisotopic (exact) mass is 301 g/mol. The Morgan fingerprint density at radius 1 is 1.32 bits per heavy atom. The number of aliphatic hydroxyl groups is 1. The zero-order chi connectivity index (χ0) is 15.4. The second kappa shape index (κ2) is 6.52. The van der Waals surface area contributed by atoms with Gasteiger partial charge >= 0.3 is 0 Å². The highest BCUT2D eigenvalue weighted by atomic mass is 16.3. The fourth-order valence-corrected chi connectivity index (χ4v) is 2.36. The maximum atomic E-state index is 9.04. The minimum atomic E-state index is 0.0322. The van der Waals surface area contributed by atoms with Gasteiger partial charge in [-0.3, -0.25) is 4.68 Å². The maximum absolute atomic E-state index is 9.04. The fraction of sp³-hybridized carbons (Fsp3) is 0.429. The summed E-state index contributed by atoms with van der Waals surface area (Å²) in [7, 11) is 0. The quantitative estimate of drug-likeness (QED) is 0.669. The second-order valence-corrected chi connectivity index (χ2v) is 5.27. The van der Waals surface area contributed by atoms with Gasteiger partial charge in [-0.05, 0) is 12.0 Å².